The van der Waals surface area contributed by atoms with Gasteiger partial charge in [0, 0.05) is 5.69 Å². The van der Waals surface area contributed by atoms with Crippen molar-refractivity contribution in [2.45, 2.75) is 13.1 Å². The highest BCUT2D eigenvalue weighted by Crippen LogP contribution is 2.31. The summed E-state index contributed by atoms with van der Waals surface area (Å²) < 4.78 is 43.0. The maximum Gasteiger partial charge on any atom is 0.416 e. The van der Waals surface area contributed by atoms with Crippen LogP contribution in [0, 0.1) is 0 Å². The van der Waals surface area contributed by atoms with Crippen molar-refractivity contribution < 1.29 is 32.4 Å². The van der Waals surface area contributed by atoms with Gasteiger partial charge >= 0.3 is 12.3 Å². The SMILES string of the molecule is CCOC(=O)NC(=O)C[NH+]1CCN(c2cccc(C(F)(F)F)c2)CC1. The maximum absolute atomic E-state index is 12.8. The highest BCUT2D eigenvalue weighted by atomic mass is 19.4. The molecule has 0 aromatic heterocycles. The Morgan fingerprint density at radius 2 is 1.96 bits per heavy atom. The zero-order valence-corrected chi connectivity index (χ0v) is 13.9. The third-order valence-electron chi connectivity index (χ3n) is 3.94. The molecule has 0 radical (unpaired) electrons. The van der Waals surface area contributed by atoms with E-state index >= 15 is 0 Å². The molecule has 1 heterocycles. The summed E-state index contributed by atoms with van der Waals surface area (Å²) in [5.74, 6) is -0.430. The molecule has 1 aliphatic heterocycles. The predicted molar refractivity (Wildman–Crippen MR) is 84.4 cm³/mol. The number of alkyl carbamates (subject to hydrolysis) is 1. The summed E-state index contributed by atoms with van der Waals surface area (Å²) in [6, 6.07) is 5.22. The molecule has 1 fully saturated rings. The fourth-order valence-corrected chi connectivity index (χ4v) is 2.69. The van der Waals surface area contributed by atoms with Crippen molar-refractivity contribution in [3.05, 3.63) is 29.8 Å². The third-order valence-corrected chi connectivity index (χ3v) is 3.94. The van der Waals surface area contributed by atoms with Crippen LogP contribution in [0.2, 0.25) is 0 Å². The van der Waals surface area contributed by atoms with Gasteiger partial charge in [0.05, 0.1) is 38.3 Å². The number of carbonyl (C=O) groups excluding carboxylic acids is 2. The summed E-state index contributed by atoms with van der Waals surface area (Å²) in [6.45, 7) is 4.19. The van der Waals surface area contributed by atoms with Crippen molar-refractivity contribution in [1.29, 1.82) is 0 Å². The fourth-order valence-electron chi connectivity index (χ4n) is 2.69. The molecule has 9 heteroatoms. The number of nitrogens with zero attached hydrogens (tertiary/aromatic N) is 1. The number of imide groups is 1. The first kappa shape index (κ1) is 19.0. The van der Waals surface area contributed by atoms with Crippen LogP contribution in [0.1, 0.15) is 12.5 Å². The van der Waals surface area contributed by atoms with Crippen molar-refractivity contribution in [2.24, 2.45) is 0 Å². The lowest BCUT2D eigenvalue weighted by molar-refractivity contribution is -0.892. The molecule has 138 valence electrons. The van der Waals surface area contributed by atoms with Crippen LogP contribution in [0.5, 0.6) is 0 Å². The van der Waals surface area contributed by atoms with E-state index in [4.69, 9.17) is 0 Å². The molecule has 0 atom stereocenters. The predicted octanol–water partition coefficient (Wildman–Crippen LogP) is 0.683. The van der Waals surface area contributed by atoms with E-state index in [1.54, 1.807) is 13.0 Å². The van der Waals surface area contributed by atoms with Crippen LogP contribution < -0.4 is 15.1 Å². The zero-order chi connectivity index (χ0) is 18.4. The highest BCUT2D eigenvalue weighted by Gasteiger charge is 2.31. The number of halogens is 3. The van der Waals surface area contributed by atoms with E-state index in [1.807, 2.05) is 4.90 Å². The normalized spacial score (nSPS) is 15.8. The first-order chi connectivity index (χ1) is 11.8. The van der Waals surface area contributed by atoms with Gasteiger partial charge in [-0.1, -0.05) is 6.07 Å². The third kappa shape index (κ3) is 5.63. The van der Waals surface area contributed by atoms with Crippen LogP contribution >= 0.6 is 0 Å². The topological polar surface area (TPSA) is 63.1 Å². The molecule has 0 spiro atoms. The van der Waals surface area contributed by atoms with E-state index < -0.39 is 23.7 Å². The molecule has 1 aromatic carbocycles. The summed E-state index contributed by atoms with van der Waals surface area (Å²) in [6.07, 6.45) is -5.14. The second-order valence-corrected chi connectivity index (χ2v) is 5.73. The van der Waals surface area contributed by atoms with Crippen LogP contribution in [-0.2, 0) is 15.7 Å². The first-order valence-corrected chi connectivity index (χ1v) is 8.02. The lowest BCUT2D eigenvalue weighted by atomic mass is 10.1. The van der Waals surface area contributed by atoms with Crippen LogP contribution in [0.25, 0.3) is 0 Å². The summed E-state index contributed by atoms with van der Waals surface area (Å²) in [5, 5.41) is 2.14. The van der Waals surface area contributed by atoms with Crippen molar-refractivity contribution >= 4 is 17.7 Å². The van der Waals surface area contributed by atoms with Crippen LogP contribution in [-0.4, -0.2) is 51.3 Å². The number of hydrogen-bond donors (Lipinski definition) is 2. The minimum atomic E-state index is -4.37. The molecule has 25 heavy (non-hydrogen) atoms. The molecule has 0 aliphatic carbocycles. The lowest BCUT2D eigenvalue weighted by Gasteiger charge is -2.33. The molecule has 1 aliphatic rings. The summed E-state index contributed by atoms with van der Waals surface area (Å²) in [7, 11) is 0. The average Bonchev–Trinajstić information content (AvgIpc) is 2.55. The van der Waals surface area contributed by atoms with Gasteiger partial charge in [0.2, 0.25) is 0 Å². The maximum atomic E-state index is 12.8. The second-order valence-electron chi connectivity index (χ2n) is 5.73. The molecular weight excluding hydrogens is 339 g/mol. The Labute approximate surface area is 143 Å². The number of amides is 2. The molecule has 6 nitrogen and oxygen atoms in total. The summed E-state index contributed by atoms with van der Waals surface area (Å²) in [5.41, 5.74) is -0.154. The van der Waals surface area contributed by atoms with Crippen LogP contribution in [0.15, 0.2) is 24.3 Å². The smallest absolute Gasteiger partial charge is 0.416 e. The highest BCUT2D eigenvalue weighted by molar-refractivity contribution is 5.92. The molecule has 1 aromatic rings. The van der Waals surface area contributed by atoms with Crippen molar-refractivity contribution in [3.8, 4) is 0 Å². The van der Waals surface area contributed by atoms with Gasteiger partial charge in [0.1, 0.15) is 0 Å². The number of quaternary nitrogens is 1. The first-order valence-electron chi connectivity index (χ1n) is 8.02. The Morgan fingerprint density at radius 1 is 1.28 bits per heavy atom. The van der Waals surface area contributed by atoms with Gasteiger partial charge in [-0.3, -0.25) is 10.1 Å². The minimum absolute atomic E-state index is 0.120. The number of anilines is 1. The molecule has 2 N–H and O–H groups in total. The Morgan fingerprint density at radius 3 is 2.56 bits per heavy atom. The second kappa shape index (κ2) is 8.19. The standard InChI is InChI=1S/C16H20F3N3O3/c1-2-25-15(24)20-14(23)11-21-6-8-22(9-7-21)13-5-3-4-12(10-13)16(17,18)19/h3-5,10H,2,6-9,11H2,1H3,(H,20,23,24)/p+1. The van der Waals surface area contributed by atoms with Gasteiger partial charge in [0.25, 0.3) is 5.91 Å². The molecule has 2 amide bonds. The molecule has 0 bridgehead atoms. The Balaban J connectivity index is 1.85. The number of hydrogen-bond acceptors (Lipinski definition) is 4. The number of ether oxygens (including phenoxy) is 1. The van der Waals surface area contributed by atoms with Crippen molar-refractivity contribution in [3.63, 3.8) is 0 Å². The van der Waals surface area contributed by atoms with Gasteiger partial charge < -0.3 is 14.5 Å². The number of rotatable bonds is 4. The molecule has 0 saturated carbocycles. The van der Waals surface area contributed by atoms with Gasteiger partial charge in [-0.05, 0) is 25.1 Å². The fraction of sp³-hybridized carbons (Fsp3) is 0.500. The van der Waals surface area contributed by atoms with Gasteiger partial charge in [-0.2, -0.15) is 13.2 Å². The summed E-state index contributed by atoms with van der Waals surface area (Å²) >= 11 is 0. The number of nitrogens with one attached hydrogen (secondary N) is 2. The van der Waals surface area contributed by atoms with E-state index in [1.165, 1.54) is 6.07 Å². The van der Waals surface area contributed by atoms with Gasteiger partial charge in [0.15, 0.2) is 6.54 Å². The van der Waals surface area contributed by atoms with E-state index in [-0.39, 0.29) is 13.2 Å². The van der Waals surface area contributed by atoms with Crippen molar-refractivity contribution in [1.82, 2.24) is 5.32 Å². The Kier molecular flexibility index (Phi) is 6.24. The lowest BCUT2D eigenvalue weighted by Crippen LogP contribution is -3.16. The van der Waals surface area contributed by atoms with E-state index in [0.29, 0.717) is 31.9 Å². The Hall–Kier alpha value is -2.29. The average molecular weight is 360 g/mol. The Bertz CT molecular complexity index is 614. The van der Waals surface area contributed by atoms with E-state index in [0.717, 1.165) is 17.0 Å². The molecule has 1 saturated heterocycles. The molecule has 0 unspecified atom stereocenters. The van der Waals surface area contributed by atoms with Crippen LogP contribution in [0.3, 0.4) is 0 Å². The van der Waals surface area contributed by atoms with Crippen LogP contribution in [0.4, 0.5) is 23.7 Å². The molecular formula is C16H21F3N3O3+. The van der Waals surface area contributed by atoms with E-state index in [2.05, 4.69) is 10.1 Å². The van der Waals surface area contributed by atoms with Crippen molar-refractivity contribution in [2.75, 3.05) is 44.2 Å². The number of benzene rings is 1. The van der Waals surface area contributed by atoms with Gasteiger partial charge in [-0.15, -0.1) is 0 Å². The number of piperazine rings is 1. The zero-order valence-electron chi connectivity index (χ0n) is 13.9. The summed E-state index contributed by atoms with van der Waals surface area (Å²) in [4.78, 5) is 25.7. The quantitative estimate of drug-likeness (QED) is 0.829. The number of carbonyl (C=O) groups is 2. The minimum Gasteiger partial charge on any atom is -0.450 e. The molecule has 2 rings (SSSR count). The number of alkyl halides is 3. The largest absolute Gasteiger partial charge is 0.450 e. The monoisotopic (exact) mass is 360 g/mol. The van der Waals surface area contributed by atoms with Gasteiger partial charge in [-0.25, -0.2) is 4.79 Å². The van der Waals surface area contributed by atoms with E-state index in [9.17, 15) is 22.8 Å².